The van der Waals surface area contributed by atoms with Gasteiger partial charge in [0.1, 0.15) is 0 Å². The number of benzene rings is 1. The van der Waals surface area contributed by atoms with Gasteiger partial charge in [0, 0.05) is 23.6 Å². The molecule has 0 fully saturated rings. The molecule has 1 heterocycles. The predicted molar refractivity (Wildman–Crippen MR) is 91.8 cm³/mol. The zero-order chi connectivity index (χ0) is 15.2. The number of halogens is 1. The van der Waals surface area contributed by atoms with E-state index < -0.39 is 5.91 Å². The lowest BCUT2D eigenvalue weighted by molar-refractivity contribution is 0.100. The molecule has 6 heteroatoms. The monoisotopic (exact) mass is 320 g/mol. The number of nitrogens with zero attached hydrogens (tertiary/aromatic N) is 2. The molecular formula is C16H21ClN4O. The van der Waals surface area contributed by atoms with Gasteiger partial charge in [0.25, 0.3) is 5.91 Å². The van der Waals surface area contributed by atoms with Gasteiger partial charge in [0.05, 0.1) is 0 Å². The average molecular weight is 321 g/mol. The van der Waals surface area contributed by atoms with Crippen molar-refractivity contribution in [1.82, 2.24) is 4.57 Å². The molecule has 2 aromatic rings. The number of aromatic nitrogens is 1. The van der Waals surface area contributed by atoms with Gasteiger partial charge in [-0.3, -0.25) is 4.79 Å². The Labute approximate surface area is 136 Å². The van der Waals surface area contributed by atoms with Gasteiger partial charge in [-0.15, -0.1) is 12.4 Å². The smallest absolute Gasteiger partial charge is 0.280 e. The number of unbranched alkanes of at least 4 members (excludes halogenated alkanes) is 1. The summed E-state index contributed by atoms with van der Waals surface area (Å²) in [6.07, 6.45) is 7.12. The van der Waals surface area contributed by atoms with Crippen LogP contribution in [0.3, 0.4) is 0 Å². The van der Waals surface area contributed by atoms with Gasteiger partial charge >= 0.3 is 0 Å². The van der Waals surface area contributed by atoms with Gasteiger partial charge in [-0.05, 0) is 42.7 Å². The fraction of sp³-hybridized carbons (Fsp3) is 0.250. The van der Waals surface area contributed by atoms with E-state index in [1.807, 2.05) is 41.2 Å². The van der Waals surface area contributed by atoms with E-state index in [0.717, 1.165) is 24.9 Å². The van der Waals surface area contributed by atoms with Crippen LogP contribution in [0.5, 0.6) is 0 Å². The highest BCUT2D eigenvalue weighted by Crippen LogP contribution is 2.20. The predicted octanol–water partition coefficient (Wildman–Crippen LogP) is 2.66. The van der Waals surface area contributed by atoms with Gasteiger partial charge < -0.3 is 16.0 Å². The van der Waals surface area contributed by atoms with Crippen LogP contribution in [0.4, 0.5) is 0 Å². The minimum atomic E-state index is -0.426. The number of carbonyl (C=O) groups excluding carboxylic acids is 1. The molecule has 0 saturated carbocycles. The second kappa shape index (κ2) is 8.24. The van der Waals surface area contributed by atoms with Crippen LogP contribution in [0.2, 0.25) is 0 Å². The quantitative estimate of drug-likeness (QED) is 0.656. The maximum absolute atomic E-state index is 11.9. The van der Waals surface area contributed by atoms with E-state index in [0.29, 0.717) is 5.56 Å². The second-order valence-corrected chi connectivity index (χ2v) is 4.88. The summed E-state index contributed by atoms with van der Waals surface area (Å²) in [4.78, 5) is 15.5. The van der Waals surface area contributed by atoms with Crippen molar-refractivity contribution in [3.05, 3.63) is 53.9 Å². The topological polar surface area (TPSA) is 86.4 Å². The van der Waals surface area contributed by atoms with E-state index in [4.69, 9.17) is 11.5 Å². The first-order valence-corrected chi connectivity index (χ1v) is 7.02. The fourth-order valence-electron chi connectivity index (χ4n) is 2.19. The first-order valence-electron chi connectivity index (χ1n) is 7.02. The number of nitrogens with two attached hydrogens (primary N) is 2. The zero-order valence-electron chi connectivity index (χ0n) is 12.5. The Kier molecular flexibility index (Phi) is 6.66. The van der Waals surface area contributed by atoms with Crippen molar-refractivity contribution >= 4 is 24.3 Å². The molecule has 0 unspecified atom stereocenters. The van der Waals surface area contributed by atoms with E-state index in [9.17, 15) is 4.79 Å². The molecule has 1 aromatic carbocycles. The molecule has 118 valence electrons. The molecule has 5 nitrogen and oxygen atoms in total. The molecule has 0 spiro atoms. The third-order valence-corrected chi connectivity index (χ3v) is 3.25. The van der Waals surface area contributed by atoms with E-state index in [-0.39, 0.29) is 18.4 Å². The number of aryl methyl sites for hydroxylation is 1. The van der Waals surface area contributed by atoms with Crippen LogP contribution in [-0.2, 0) is 6.42 Å². The Balaban J connectivity index is 0.00000242. The Morgan fingerprint density at radius 2 is 1.91 bits per heavy atom. The molecule has 0 bridgehead atoms. The highest BCUT2D eigenvalue weighted by atomic mass is 35.5. The normalized spacial score (nSPS) is 9.86. The number of hydrogen-bond donors (Lipinski definition) is 2. The number of hydrogen-bond acceptors (Lipinski definition) is 1. The standard InChI is InChI=1S/C16H20N4O.ClH/c1-2-3-6-12-7-8-13(15(21)19-16(17)18)11-14(12)20-9-4-5-10-20;/h4-5,7-11H,2-3,6H2,1H3,(H4,17,18,19,21);1H. The van der Waals surface area contributed by atoms with E-state index in [1.54, 1.807) is 6.07 Å². The minimum absolute atomic E-state index is 0. The Morgan fingerprint density at radius 1 is 1.23 bits per heavy atom. The summed E-state index contributed by atoms with van der Waals surface area (Å²) in [5.74, 6) is -0.650. The number of carbonyl (C=O) groups is 1. The minimum Gasteiger partial charge on any atom is -0.370 e. The van der Waals surface area contributed by atoms with Gasteiger partial charge in [-0.2, -0.15) is 4.99 Å². The number of amides is 1. The summed E-state index contributed by atoms with van der Waals surface area (Å²) >= 11 is 0. The summed E-state index contributed by atoms with van der Waals surface area (Å²) in [7, 11) is 0. The van der Waals surface area contributed by atoms with Crippen molar-refractivity contribution in [2.24, 2.45) is 16.5 Å². The molecule has 22 heavy (non-hydrogen) atoms. The lowest BCUT2D eigenvalue weighted by atomic mass is 10.0. The molecule has 4 N–H and O–H groups in total. The largest absolute Gasteiger partial charge is 0.370 e. The fourth-order valence-corrected chi connectivity index (χ4v) is 2.19. The molecule has 0 aliphatic rings. The zero-order valence-corrected chi connectivity index (χ0v) is 13.3. The van der Waals surface area contributed by atoms with Crippen molar-refractivity contribution in [3.63, 3.8) is 0 Å². The average Bonchev–Trinajstić information content (AvgIpc) is 2.98. The number of rotatable bonds is 5. The molecule has 0 radical (unpaired) electrons. The van der Waals surface area contributed by atoms with Gasteiger partial charge in [0.2, 0.25) is 0 Å². The van der Waals surface area contributed by atoms with Crippen LogP contribution in [0.25, 0.3) is 5.69 Å². The first-order chi connectivity index (χ1) is 10.1. The number of aliphatic imine (C=N–C) groups is 1. The van der Waals surface area contributed by atoms with Crippen LogP contribution >= 0.6 is 12.4 Å². The van der Waals surface area contributed by atoms with Gasteiger partial charge in [-0.1, -0.05) is 19.4 Å². The maximum Gasteiger partial charge on any atom is 0.280 e. The molecule has 0 aliphatic carbocycles. The van der Waals surface area contributed by atoms with Crippen LogP contribution in [0.15, 0.2) is 47.7 Å². The van der Waals surface area contributed by atoms with Crippen LogP contribution in [-0.4, -0.2) is 16.4 Å². The summed E-state index contributed by atoms with van der Waals surface area (Å²) < 4.78 is 2.00. The Bertz CT molecular complexity index is 646. The molecule has 1 amide bonds. The molecule has 0 atom stereocenters. The third kappa shape index (κ3) is 4.36. The van der Waals surface area contributed by atoms with E-state index in [2.05, 4.69) is 11.9 Å². The van der Waals surface area contributed by atoms with Gasteiger partial charge in [-0.25, -0.2) is 0 Å². The van der Waals surface area contributed by atoms with Crippen molar-refractivity contribution in [1.29, 1.82) is 0 Å². The molecule has 2 rings (SSSR count). The lowest BCUT2D eigenvalue weighted by Crippen LogP contribution is -2.24. The molecule has 0 aliphatic heterocycles. The third-order valence-electron chi connectivity index (χ3n) is 3.25. The van der Waals surface area contributed by atoms with Crippen LogP contribution in [0, 0.1) is 0 Å². The lowest BCUT2D eigenvalue weighted by Gasteiger charge is -2.12. The Morgan fingerprint density at radius 3 is 2.50 bits per heavy atom. The molecule has 1 aromatic heterocycles. The maximum atomic E-state index is 11.9. The second-order valence-electron chi connectivity index (χ2n) is 4.88. The van der Waals surface area contributed by atoms with Gasteiger partial charge in [0.15, 0.2) is 5.96 Å². The van der Waals surface area contributed by atoms with E-state index >= 15 is 0 Å². The Hall–Kier alpha value is -2.27. The molecule has 0 saturated heterocycles. The van der Waals surface area contributed by atoms with Crippen molar-refractivity contribution < 1.29 is 4.79 Å². The van der Waals surface area contributed by atoms with Crippen molar-refractivity contribution in [3.8, 4) is 5.69 Å². The summed E-state index contributed by atoms with van der Waals surface area (Å²) in [5, 5.41) is 0. The van der Waals surface area contributed by atoms with Crippen LogP contribution in [0.1, 0.15) is 35.7 Å². The SMILES string of the molecule is CCCCc1ccc(C(=O)N=C(N)N)cc1-n1cccc1.Cl. The summed E-state index contributed by atoms with van der Waals surface area (Å²) in [5.41, 5.74) is 13.2. The highest BCUT2D eigenvalue weighted by molar-refractivity contribution is 6.02. The summed E-state index contributed by atoms with van der Waals surface area (Å²) in [6, 6.07) is 9.48. The first kappa shape index (κ1) is 17.8. The molecular weight excluding hydrogens is 300 g/mol. The van der Waals surface area contributed by atoms with Crippen molar-refractivity contribution in [2.45, 2.75) is 26.2 Å². The highest BCUT2D eigenvalue weighted by Gasteiger charge is 2.10. The van der Waals surface area contributed by atoms with Crippen LogP contribution < -0.4 is 11.5 Å². The number of guanidine groups is 1. The van der Waals surface area contributed by atoms with Crippen molar-refractivity contribution in [2.75, 3.05) is 0 Å². The summed E-state index contributed by atoms with van der Waals surface area (Å²) in [6.45, 7) is 2.16. The van der Waals surface area contributed by atoms with E-state index in [1.165, 1.54) is 5.56 Å².